The molecule has 0 saturated carbocycles. The third kappa shape index (κ3) is 3.08. The molecule has 1 fully saturated rings. The number of benzene rings is 1. The van der Waals surface area contributed by atoms with Gasteiger partial charge in [0.15, 0.2) is 0 Å². The standard InChI is InChI=1S/C17H23NO4/c1-17(16(20)22-3)11-6-12-18(17)15(19)10-9-13-7-4-5-8-14(13)21-2/h4-5,7-8H,6,9-12H2,1-3H3/t17-/m1/s1. The average Bonchev–Trinajstić information content (AvgIpc) is 2.95. The Kier molecular flexibility index (Phi) is 5.06. The van der Waals surface area contributed by atoms with Crippen LogP contribution in [0.15, 0.2) is 24.3 Å². The molecule has 0 N–H and O–H groups in total. The molecule has 0 unspecified atom stereocenters. The number of hydrogen-bond donors (Lipinski definition) is 0. The summed E-state index contributed by atoms with van der Waals surface area (Å²) in [4.78, 5) is 26.2. The first-order valence-electron chi connectivity index (χ1n) is 7.53. The van der Waals surface area contributed by atoms with E-state index in [2.05, 4.69) is 0 Å². The van der Waals surface area contributed by atoms with E-state index in [0.717, 1.165) is 17.7 Å². The first-order valence-corrected chi connectivity index (χ1v) is 7.53. The topological polar surface area (TPSA) is 55.8 Å². The highest BCUT2D eigenvalue weighted by molar-refractivity contribution is 5.88. The van der Waals surface area contributed by atoms with Gasteiger partial charge in [0.25, 0.3) is 0 Å². The van der Waals surface area contributed by atoms with E-state index in [0.29, 0.717) is 25.8 Å². The smallest absolute Gasteiger partial charge is 0.331 e. The Morgan fingerprint density at radius 3 is 2.68 bits per heavy atom. The fraction of sp³-hybridized carbons (Fsp3) is 0.529. The van der Waals surface area contributed by atoms with Crippen molar-refractivity contribution in [2.24, 2.45) is 0 Å². The number of carbonyl (C=O) groups is 2. The van der Waals surface area contributed by atoms with Crippen molar-refractivity contribution >= 4 is 11.9 Å². The van der Waals surface area contributed by atoms with Crippen LogP contribution < -0.4 is 4.74 Å². The van der Waals surface area contributed by atoms with E-state index in [1.54, 1.807) is 18.9 Å². The molecule has 0 spiro atoms. The van der Waals surface area contributed by atoms with Crippen molar-refractivity contribution in [2.75, 3.05) is 20.8 Å². The molecule has 2 rings (SSSR count). The quantitative estimate of drug-likeness (QED) is 0.782. The number of methoxy groups -OCH3 is 2. The molecular formula is C17H23NO4. The van der Waals surface area contributed by atoms with Crippen LogP contribution in [-0.4, -0.2) is 43.1 Å². The summed E-state index contributed by atoms with van der Waals surface area (Å²) >= 11 is 0. The number of nitrogens with zero attached hydrogens (tertiary/aromatic N) is 1. The highest BCUT2D eigenvalue weighted by atomic mass is 16.5. The molecule has 1 saturated heterocycles. The Morgan fingerprint density at radius 2 is 2.00 bits per heavy atom. The molecule has 1 aliphatic heterocycles. The molecule has 1 aromatic rings. The van der Waals surface area contributed by atoms with Crippen LogP contribution in [0.2, 0.25) is 0 Å². The normalized spacial score (nSPS) is 20.8. The van der Waals surface area contributed by atoms with E-state index in [9.17, 15) is 9.59 Å². The summed E-state index contributed by atoms with van der Waals surface area (Å²) in [5.41, 5.74) is 0.171. The maximum absolute atomic E-state index is 12.5. The lowest BCUT2D eigenvalue weighted by molar-refractivity contribution is -0.158. The number of carbonyl (C=O) groups excluding carboxylic acids is 2. The van der Waals surface area contributed by atoms with Gasteiger partial charge in [-0.15, -0.1) is 0 Å². The van der Waals surface area contributed by atoms with E-state index in [1.165, 1.54) is 7.11 Å². The molecule has 5 heteroatoms. The first-order chi connectivity index (χ1) is 10.5. The van der Waals surface area contributed by atoms with Gasteiger partial charge in [0.2, 0.25) is 5.91 Å². The second-order valence-corrected chi connectivity index (χ2v) is 5.73. The van der Waals surface area contributed by atoms with E-state index < -0.39 is 5.54 Å². The largest absolute Gasteiger partial charge is 0.496 e. The van der Waals surface area contributed by atoms with Crippen LogP contribution in [0, 0.1) is 0 Å². The molecule has 0 aliphatic carbocycles. The second kappa shape index (κ2) is 6.81. The Morgan fingerprint density at radius 1 is 1.27 bits per heavy atom. The SMILES string of the molecule is COC(=O)[C@@]1(C)CCCN1C(=O)CCc1ccccc1OC. The zero-order valence-electron chi connectivity index (χ0n) is 13.4. The van der Waals surface area contributed by atoms with Gasteiger partial charge in [-0.2, -0.15) is 0 Å². The summed E-state index contributed by atoms with van der Waals surface area (Å²) in [5.74, 6) is 0.430. The third-order valence-electron chi connectivity index (χ3n) is 4.37. The lowest BCUT2D eigenvalue weighted by atomic mass is 9.98. The Bertz CT molecular complexity index is 557. The van der Waals surface area contributed by atoms with Gasteiger partial charge in [0, 0.05) is 13.0 Å². The van der Waals surface area contributed by atoms with Crippen LogP contribution in [0.5, 0.6) is 5.75 Å². The molecule has 0 radical (unpaired) electrons. The number of ether oxygens (including phenoxy) is 2. The molecule has 1 amide bonds. The van der Waals surface area contributed by atoms with Gasteiger partial charge in [0.05, 0.1) is 14.2 Å². The van der Waals surface area contributed by atoms with Crippen LogP contribution in [0.25, 0.3) is 0 Å². The van der Waals surface area contributed by atoms with Gasteiger partial charge in [-0.05, 0) is 37.8 Å². The van der Waals surface area contributed by atoms with Crippen LogP contribution in [0.4, 0.5) is 0 Å². The minimum absolute atomic E-state index is 0.0173. The molecule has 1 aliphatic rings. The van der Waals surface area contributed by atoms with Gasteiger partial charge in [0.1, 0.15) is 11.3 Å². The Balaban J connectivity index is 2.04. The van der Waals surface area contributed by atoms with Crippen molar-refractivity contribution in [3.63, 3.8) is 0 Å². The van der Waals surface area contributed by atoms with E-state index >= 15 is 0 Å². The van der Waals surface area contributed by atoms with Crippen LogP contribution in [0.3, 0.4) is 0 Å². The minimum Gasteiger partial charge on any atom is -0.496 e. The molecule has 22 heavy (non-hydrogen) atoms. The average molecular weight is 305 g/mol. The Hall–Kier alpha value is -2.04. The summed E-state index contributed by atoms with van der Waals surface area (Å²) in [7, 11) is 2.98. The van der Waals surface area contributed by atoms with E-state index in [-0.39, 0.29) is 11.9 Å². The predicted octanol–water partition coefficient (Wildman–Crippen LogP) is 2.18. The summed E-state index contributed by atoms with van der Waals surface area (Å²) in [6, 6.07) is 7.67. The van der Waals surface area contributed by atoms with Crippen molar-refractivity contribution < 1.29 is 19.1 Å². The van der Waals surface area contributed by atoms with Crippen LogP contribution in [0.1, 0.15) is 31.7 Å². The molecule has 0 bridgehead atoms. The lowest BCUT2D eigenvalue weighted by Crippen LogP contribution is -2.51. The second-order valence-electron chi connectivity index (χ2n) is 5.73. The van der Waals surface area contributed by atoms with E-state index in [1.807, 2.05) is 24.3 Å². The Labute approximate surface area is 131 Å². The molecule has 120 valence electrons. The monoisotopic (exact) mass is 305 g/mol. The lowest BCUT2D eigenvalue weighted by Gasteiger charge is -2.32. The van der Waals surface area contributed by atoms with Crippen molar-refractivity contribution in [1.82, 2.24) is 4.90 Å². The van der Waals surface area contributed by atoms with Crippen LogP contribution in [-0.2, 0) is 20.7 Å². The number of esters is 1. The molecular weight excluding hydrogens is 282 g/mol. The number of aryl methyl sites for hydroxylation is 1. The highest BCUT2D eigenvalue weighted by Crippen LogP contribution is 2.31. The van der Waals surface area contributed by atoms with Crippen molar-refractivity contribution in [1.29, 1.82) is 0 Å². The zero-order valence-corrected chi connectivity index (χ0v) is 13.4. The maximum Gasteiger partial charge on any atom is 0.331 e. The van der Waals surface area contributed by atoms with Crippen molar-refractivity contribution in [3.05, 3.63) is 29.8 Å². The fourth-order valence-electron chi connectivity index (χ4n) is 3.08. The summed E-state index contributed by atoms with van der Waals surface area (Å²) in [6.07, 6.45) is 2.43. The van der Waals surface area contributed by atoms with Gasteiger partial charge in [-0.25, -0.2) is 4.79 Å². The van der Waals surface area contributed by atoms with Crippen molar-refractivity contribution in [2.45, 2.75) is 38.1 Å². The highest BCUT2D eigenvalue weighted by Gasteiger charge is 2.46. The van der Waals surface area contributed by atoms with Gasteiger partial charge >= 0.3 is 5.97 Å². The summed E-state index contributed by atoms with van der Waals surface area (Å²) in [5, 5.41) is 0. The maximum atomic E-state index is 12.5. The first kappa shape index (κ1) is 16.3. The number of likely N-dealkylation sites (tertiary alicyclic amines) is 1. The molecule has 1 atom stereocenters. The number of para-hydroxylation sites is 1. The zero-order chi connectivity index (χ0) is 16.2. The van der Waals surface area contributed by atoms with Crippen molar-refractivity contribution in [3.8, 4) is 5.75 Å². The minimum atomic E-state index is -0.827. The number of rotatable bonds is 5. The van der Waals surface area contributed by atoms with E-state index in [4.69, 9.17) is 9.47 Å². The number of hydrogen-bond acceptors (Lipinski definition) is 4. The van der Waals surface area contributed by atoms with Crippen LogP contribution >= 0.6 is 0 Å². The summed E-state index contributed by atoms with van der Waals surface area (Å²) < 4.78 is 10.2. The summed E-state index contributed by atoms with van der Waals surface area (Å²) in [6.45, 7) is 2.39. The fourth-order valence-corrected chi connectivity index (χ4v) is 3.08. The van der Waals surface area contributed by atoms with Gasteiger partial charge in [-0.1, -0.05) is 18.2 Å². The molecule has 1 aromatic carbocycles. The molecule has 5 nitrogen and oxygen atoms in total. The predicted molar refractivity (Wildman–Crippen MR) is 82.7 cm³/mol. The van der Waals surface area contributed by atoms with Gasteiger partial charge in [-0.3, -0.25) is 4.79 Å². The molecule has 1 heterocycles. The third-order valence-corrected chi connectivity index (χ3v) is 4.37. The van der Waals surface area contributed by atoms with Gasteiger partial charge < -0.3 is 14.4 Å². The number of amides is 1. The molecule has 0 aromatic heterocycles.